The van der Waals surface area contributed by atoms with Crippen LogP contribution < -0.4 is 15.4 Å². The number of rotatable bonds is 8. The molecule has 1 fully saturated rings. The van der Waals surface area contributed by atoms with Crippen LogP contribution in [0, 0.1) is 0 Å². The average Bonchev–Trinajstić information content (AvgIpc) is 2.65. The number of aliphatic carboxylic acids is 1. The number of hydrogen-bond acceptors (Lipinski definition) is 5. The smallest absolute Gasteiger partial charge is 0.319 e. The van der Waals surface area contributed by atoms with Crippen molar-refractivity contribution < 1.29 is 29.0 Å². The van der Waals surface area contributed by atoms with Crippen molar-refractivity contribution in [3.63, 3.8) is 0 Å². The molecule has 26 heavy (non-hydrogen) atoms. The van der Waals surface area contributed by atoms with Gasteiger partial charge in [-0.15, -0.1) is 0 Å². The zero-order chi connectivity index (χ0) is 18.8. The van der Waals surface area contributed by atoms with Crippen molar-refractivity contribution in [3.05, 3.63) is 24.3 Å². The van der Waals surface area contributed by atoms with E-state index in [0.717, 1.165) is 0 Å². The van der Waals surface area contributed by atoms with Gasteiger partial charge in [0.2, 0.25) is 0 Å². The quantitative estimate of drug-likeness (QED) is 0.590. The van der Waals surface area contributed by atoms with Gasteiger partial charge < -0.3 is 30.1 Å². The van der Waals surface area contributed by atoms with Gasteiger partial charge in [0.05, 0.1) is 18.9 Å². The van der Waals surface area contributed by atoms with Crippen LogP contribution in [-0.4, -0.2) is 67.4 Å². The van der Waals surface area contributed by atoms with E-state index in [1.165, 1.54) is 0 Å². The summed E-state index contributed by atoms with van der Waals surface area (Å²) in [5.41, 5.74) is 0.429. The zero-order valence-electron chi connectivity index (χ0n) is 14.4. The molecule has 0 spiro atoms. The zero-order valence-corrected chi connectivity index (χ0v) is 14.4. The van der Waals surface area contributed by atoms with Crippen LogP contribution in [0.25, 0.3) is 0 Å². The first-order chi connectivity index (χ1) is 12.6. The first kappa shape index (κ1) is 19.5. The lowest BCUT2D eigenvalue weighted by Gasteiger charge is -2.26. The highest BCUT2D eigenvalue weighted by Crippen LogP contribution is 2.23. The van der Waals surface area contributed by atoms with Crippen molar-refractivity contribution >= 4 is 23.6 Å². The third-order valence-corrected chi connectivity index (χ3v) is 3.70. The number of urea groups is 1. The number of nitrogens with zero attached hydrogens (tertiary/aromatic N) is 1. The molecule has 2 rings (SSSR count). The number of morpholine rings is 1. The van der Waals surface area contributed by atoms with Gasteiger partial charge in [0.1, 0.15) is 5.75 Å². The second-order valence-electron chi connectivity index (χ2n) is 5.66. The van der Waals surface area contributed by atoms with E-state index in [9.17, 15) is 14.4 Å². The maximum Gasteiger partial charge on any atom is 0.319 e. The summed E-state index contributed by atoms with van der Waals surface area (Å²) in [5.74, 6) is -0.660. The maximum atomic E-state index is 12.1. The molecule has 0 unspecified atom stereocenters. The van der Waals surface area contributed by atoms with Crippen LogP contribution in [0.5, 0.6) is 5.75 Å². The minimum absolute atomic E-state index is 0.0103. The lowest BCUT2D eigenvalue weighted by Crippen LogP contribution is -2.43. The average molecular weight is 365 g/mol. The molecule has 1 aromatic carbocycles. The van der Waals surface area contributed by atoms with Crippen LogP contribution in [0.15, 0.2) is 24.3 Å². The first-order valence-corrected chi connectivity index (χ1v) is 8.40. The summed E-state index contributed by atoms with van der Waals surface area (Å²) >= 11 is 0. The highest BCUT2D eigenvalue weighted by molar-refractivity contribution is 5.91. The Labute approximate surface area is 151 Å². The van der Waals surface area contributed by atoms with E-state index < -0.39 is 12.0 Å². The molecule has 1 aliphatic rings. The van der Waals surface area contributed by atoms with Gasteiger partial charge in [-0.05, 0) is 18.6 Å². The van der Waals surface area contributed by atoms with Gasteiger partial charge in [-0.25, -0.2) is 4.79 Å². The minimum Gasteiger partial charge on any atom is -0.482 e. The molecule has 0 bridgehead atoms. The van der Waals surface area contributed by atoms with E-state index in [1.54, 1.807) is 29.2 Å². The largest absolute Gasteiger partial charge is 0.482 e. The number of ether oxygens (including phenoxy) is 2. The van der Waals surface area contributed by atoms with Gasteiger partial charge in [-0.2, -0.15) is 0 Å². The van der Waals surface area contributed by atoms with Crippen LogP contribution in [0.1, 0.15) is 12.8 Å². The summed E-state index contributed by atoms with van der Waals surface area (Å²) in [6.07, 6.45) is 0.332. The minimum atomic E-state index is -0.907. The van der Waals surface area contributed by atoms with Crippen LogP contribution in [0.2, 0.25) is 0 Å². The lowest BCUT2D eigenvalue weighted by molar-refractivity contribution is -0.138. The number of hydrogen-bond donors (Lipinski definition) is 3. The van der Waals surface area contributed by atoms with Gasteiger partial charge in [0.25, 0.3) is 5.91 Å². The summed E-state index contributed by atoms with van der Waals surface area (Å²) in [7, 11) is 0. The fraction of sp³-hybridized carbons (Fsp3) is 0.471. The van der Waals surface area contributed by atoms with Crippen LogP contribution in [0.3, 0.4) is 0 Å². The Morgan fingerprint density at radius 3 is 2.65 bits per heavy atom. The molecule has 1 saturated heterocycles. The van der Waals surface area contributed by atoms with Crippen LogP contribution in [0.4, 0.5) is 10.5 Å². The molecular formula is C17H23N3O6. The second kappa shape index (κ2) is 10.2. The number of amides is 3. The fourth-order valence-electron chi connectivity index (χ4n) is 2.35. The Kier molecular flexibility index (Phi) is 7.69. The Bertz CT molecular complexity index is 631. The molecule has 9 nitrogen and oxygen atoms in total. The van der Waals surface area contributed by atoms with Crippen molar-refractivity contribution in [2.24, 2.45) is 0 Å². The summed E-state index contributed by atoms with van der Waals surface area (Å²) in [5, 5.41) is 13.8. The van der Waals surface area contributed by atoms with Gasteiger partial charge in [0.15, 0.2) is 6.61 Å². The number of benzene rings is 1. The molecule has 3 N–H and O–H groups in total. The predicted octanol–water partition coefficient (Wildman–Crippen LogP) is 0.910. The number of carboxylic acid groups (broad SMARTS) is 1. The van der Waals surface area contributed by atoms with E-state index in [0.29, 0.717) is 44.2 Å². The molecule has 142 valence electrons. The fourth-order valence-corrected chi connectivity index (χ4v) is 2.35. The molecular weight excluding hydrogens is 342 g/mol. The molecule has 3 amide bonds. The molecule has 1 heterocycles. The predicted molar refractivity (Wildman–Crippen MR) is 93.2 cm³/mol. The standard InChI is InChI=1S/C17H23N3O6/c21-15(20-8-10-25-11-9-20)12-26-14-5-2-1-4-13(14)19-17(24)18-7-3-6-16(22)23/h1-2,4-5H,3,6-12H2,(H,22,23)(H2,18,19,24). The van der Waals surface area contributed by atoms with Crippen molar-refractivity contribution in [1.29, 1.82) is 0 Å². The summed E-state index contributed by atoms with van der Waals surface area (Å²) in [6.45, 7) is 2.25. The molecule has 1 aliphatic heterocycles. The van der Waals surface area contributed by atoms with Crippen molar-refractivity contribution in [2.45, 2.75) is 12.8 Å². The Morgan fingerprint density at radius 1 is 1.19 bits per heavy atom. The number of nitrogens with one attached hydrogen (secondary N) is 2. The molecule has 0 atom stereocenters. The number of carboxylic acids is 1. The number of carbonyl (C=O) groups excluding carboxylic acids is 2. The van der Waals surface area contributed by atoms with Gasteiger partial charge >= 0.3 is 12.0 Å². The normalized spacial score (nSPS) is 13.8. The SMILES string of the molecule is O=C(O)CCCNC(=O)Nc1ccccc1OCC(=O)N1CCOCC1. The molecule has 0 aliphatic carbocycles. The number of anilines is 1. The lowest BCUT2D eigenvalue weighted by atomic mass is 10.3. The number of carbonyl (C=O) groups is 3. The highest BCUT2D eigenvalue weighted by Gasteiger charge is 2.18. The third-order valence-electron chi connectivity index (χ3n) is 3.70. The van der Waals surface area contributed by atoms with Gasteiger partial charge in [-0.1, -0.05) is 12.1 Å². The maximum absolute atomic E-state index is 12.1. The Balaban J connectivity index is 1.81. The first-order valence-electron chi connectivity index (χ1n) is 8.40. The molecule has 9 heteroatoms. The van der Waals surface area contributed by atoms with Crippen LogP contribution in [-0.2, 0) is 14.3 Å². The summed E-state index contributed by atoms with van der Waals surface area (Å²) in [4.78, 5) is 36.1. The molecule has 0 aromatic heterocycles. The van der Waals surface area contributed by atoms with Crippen molar-refractivity contribution in [3.8, 4) is 5.75 Å². The van der Waals surface area contributed by atoms with Crippen LogP contribution >= 0.6 is 0 Å². The van der Waals surface area contributed by atoms with Crippen molar-refractivity contribution in [1.82, 2.24) is 10.2 Å². The third kappa shape index (κ3) is 6.60. The number of para-hydroxylation sites is 2. The van der Waals surface area contributed by atoms with E-state index in [-0.39, 0.29) is 25.5 Å². The summed E-state index contributed by atoms with van der Waals surface area (Å²) in [6, 6.07) is 6.32. The highest BCUT2D eigenvalue weighted by atomic mass is 16.5. The monoisotopic (exact) mass is 365 g/mol. The topological polar surface area (TPSA) is 117 Å². The second-order valence-corrected chi connectivity index (χ2v) is 5.66. The summed E-state index contributed by atoms with van der Waals surface area (Å²) < 4.78 is 10.8. The Morgan fingerprint density at radius 2 is 1.92 bits per heavy atom. The Hall–Kier alpha value is -2.81. The van der Waals surface area contributed by atoms with Gasteiger partial charge in [0, 0.05) is 26.1 Å². The molecule has 0 radical (unpaired) electrons. The molecule has 0 saturated carbocycles. The molecule has 1 aromatic rings. The van der Waals surface area contributed by atoms with E-state index in [1.807, 2.05) is 0 Å². The van der Waals surface area contributed by atoms with E-state index in [4.69, 9.17) is 14.6 Å². The van der Waals surface area contributed by atoms with Gasteiger partial charge in [-0.3, -0.25) is 9.59 Å². The van der Waals surface area contributed by atoms with E-state index >= 15 is 0 Å². The van der Waals surface area contributed by atoms with E-state index in [2.05, 4.69) is 10.6 Å². The van der Waals surface area contributed by atoms with Crippen molar-refractivity contribution in [2.75, 3.05) is 44.8 Å².